The minimum atomic E-state index is -1.33. The Balaban J connectivity index is 1.60. The molecule has 3 aromatic carbocycles. The van der Waals surface area contributed by atoms with E-state index in [2.05, 4.69) is 4.90 Å². The molecule has 1 aliphatic heterocycles. The molecule has 0 N–H and O–H groups in total. The SMILES string of the molecule is C[S+]([O-])C(c1cc(F)cc(F)c1)C1CN(C(c2ccc(F)cc2)c2ccc(F)cc2)C1. The van der Waals surface area contributed by atoms with Crippen LogP contribution in [-0.4, -0.2) is 28.8 Å². The van der Waals surface area contributed by atoms with Gasteiger partial charge in [-0.15, -0.1) is 0 Å². The number of hydrogen-bond acceptors (Lipinski definition) is 2. The molecule has 0 spiro atoms. The average Bonchev–Trinajstić information content (AvgIpc) is 2.67. The molecule has 1 aliphatic rings. The summed E-state index contributed by atoms with van der Waals surface area (Å²) in [6.07, 6.45) is 1.54. The van der Waals surface area contributed by atoms with Crippen LogP contribution < -0.4 is 0 Å². The molecular formula is C24H21F4NOS. The Hall–Kier alpha value is -2.35. The summed E-state index contributed by atoms with van der Waals surface area (Å²) < 4.78 is 66.8. The third-order valence-electron chi connectivity index (χ3n) is 5.67. The highest BCUT2D eigenvalue weighted by molar-refractivity contribution is 7.90. The lowest BCUT2D eigenvalue weighted by molar-refractivity contribution is 0.0654. The van der Waals surface area contributed by atoms with Gasteiger partial charge < -0.3 is 4.55 Å². The average molecular weight is 447 g/mol. The van der Waals surface area contributed by atoms with Gasteiger partial charge in [0.15, 0.2) is 0 Å². The molecular weight excluding hydrogens is 426 g/mol. The molecule has 4 rings (SSSR count). The molecule has 7 heteroatoms. The maximum atomic E-state index is 13.7. The van der Waals surface area contributed by atoms with E-state index in [-0.39, 0.29) is 23.6 Å². The van der Waals surface area contributed by atoms with Crippen molar-refractivity contribution in [1.29, 1.82) is 0 Å². The van der Waals surface area contributed by atoms with Crippen molar-refractivity contribution >= 4 is 11.2 Å². The van der Waals surface area contributed by atoms with E-state index in [1.165, 1.54) is 42.7 Å². The van der Waals surface area contributed by atoms with E-state index in [0.29, 0.717) is 18.7 Å². The van der Waals surface area contributed by atoms with Gasteiger partial charge in [0.05, 0.1) is 12.3 Å². The Morgan fingerprint density at radius 2 is 1.19 bits per heavy atom. The second kappa shape index (κ2) is 9.02. The van der Waals surface area contributed by atoms with Gasteiger partial charge >= 0.3 is 0 Å². The van der Waals surface area contributed by atoms with Crippen LogP contribution in [0.4, 0.5) is 17.6 Å². The van der Waals surface area contributed by atoms with Crippen LogP contribution in [0.1, 0.15) is 28.0 Å². The summed E-state index contributed by atoms with van der Waals surface area (Å²) in [5.41, 5.74) is 2.07. The van der Waals surface area contributed by atoms with Crippen LogP contribution in [0.2, 0.25) is 0 Å². The number of halogens is 4. The van der Waals surface area contributed by atoms with E-state index >= 15 is 0 Å². The zero-order valence-electron chi connectivity index (χ0n) is 16.8. The van der Waals surface area contributed by atoms with Gasteiger partial charge in [0.1, 0.15) is 28.5 Å². The molecule has 3 aromatic rings. The van der Waals surface area contributed by atoms with E-state index in [1.54, 1.807) is 24.3 Å². The Labute approximate surface area is 181 Å². The molecule has 0 saturated carbocycles. The molecule has 0 radical (unpaired) electrons. The fourth-order valence-corrected chi connectivity index (χ4v) is 5.56. The minimum absolute atomic E-state index is 0.0737. The van der Waals surface area contributed by atoms with Crippen LogP contribution in [-0.2, 0) is 11.2 Å². The lowest BCUT2D eigenvalue weighted by Crippen LogP contribution is -2.52. The predicted molar refractivity (Wildman–Crippen MR) is 113 cm³/mol. The summed E-state index contributed by atoms with van der Waals surface area (Å²) in [6.45, 7) is 1.06. The highest BCUT2D eigenvalue weighted by Crippen LogP contribution is 2.42. The van der Waals surface area contributed by atoms with Gasteiger partial charge in [-0.2, -0.15) is 0 Å². The summed E-state index contributed by atoms with van der Waals surface area (Å²) in [6, 6.07) is 15.3. The van der Waals surface area contributed by atoms with E-state index in [4.69, 9.17) is 0 Å². The lowest BCUT2D eigenvalue weighted by Gasteiger charge is -2.47. The van der Waals surface area contributed by atoms with Crippen molar-refractivity contribution in [2.75, 3.05) is 19.3 Å². The lowest BCUT2D eigenvalue weighted by atomic mass is 9.86. The monoisotopic (exact) mass is 447 g/mol. The largest absolute Gasteiger partial charge is 0.616 e. The maximum Gasteiger partial charge on any atom is 0.145 e. The van der Waals surface area contributed by atoms with Gasteiger partial charge in [-0.05, 0) is 58.7 Å². The van der Waals surface area contributed by atoms with Crippen LogP contribution in [0, 0.1) is 29.2 Å². The Kier molecular flexibility index (Phi) is 6.36. The first-order chi connectivity index (χ1) is 14.8. The normalized spacial score (nSPS) is 16.9. The molecule has 1 saturated heterocycles. The molecule has 2 atom stereocenters. The van der Waals surface area contributed by atoms with Crippen LogP contribution in [0.5, 0.6) is 0 Å². The molecule has 1 heterocycles. The smallest absolute Gasteiger partial charge is 0.145 e. The number of hydrogen-bond donors (Lipinski definition) is 0. The third kappa shape index (κ3) is 4.79. The van der Waals surface area contributed by atoms with Gasteiger partial charge in [0.25, 0.3) is 0 Å². The quantitative estimate of drug-likeness (QED) is 0.374. The Morgan fingerprint density at radius 1 is 0.742 bits per heavy atom. The molecule has 0 amide bonds. The summed E-state index contributed by atoms with van der Waals surface area (Å²) in [4.78, 5) is 2.11. The first-order valence-electron chi connectivity index (χ1n) is 9.85. The first-order valence-corrected chi connectivity index (χ1v) is 11.5. The van der Waals surface area contributed by atoms with Crippen LogP contribution in [0.15, 0.2) is 66.7 Å². The van der Waals surface area contributed by atoms with E-state index < -0.39 is 28.1 Å². The molecule has 1 fully saturated rings. The third-order valence-corrected chi connectivity index (χ3v) is 7.05. The number of likely N-dealkylation sites (tertiary alicyclic amines) is 1. The molecule has 31 heavy (non-hydrogen) atoms. The standard InChI is InChI=1S/C24H21F4NOS/c1-31(30)24(17-10-21(27)12-22(28)11-17)18-13-29(14-18)23(15-2-6-19(25)7-3-15)16-4-8-20(26)9-5-16/h2-12,18,23-24H,13-14H2,1H3. The number of rotatable bonds is 6. The molecule has 0 bridgehead atoms. The second-order valence-electron chi connectivity index (χ2n) is 7.84. The van der Waals surface area contributed by atoms with Gasteiger partial charge in [-0.3, -0.25) is 4.90 Å². The molecule has 162 valence electrons. The number of benzene rings is 3. The van der Waals surface area contributed by atoms with Gasteiger partial charge in [-0.1, -0.05) is 24.3 Å². The topological polar surface area (TPSA) is 26.3 Å². The summed E-state index contributed by atoms with van der Waals surface area (Å²) >= 11 is -1.33. The van der Waals surface area contributed by atoms with Gasteiger partial charge in [0.2, 0.25) is 0 Å². The Bertz CT molecular complexity index is 971. The predicted octanol–water partition coefficient (Wildman–Crippen LogP) is 5.38. The van der Waals surface area contributed by atoms with Crippen molar-refractivity contribution in [3.63, 3.8) is 0 Å². The van der Waals surface area contributed by atoms with Crippen molar-refractivity contribution in [2.24, 2.45) is 5.92 Å². The first kappa shape index (κ1) is 21.9. The molecule has 2 unspecified atom stereocenters. The van der Waals surface area contributed by atoms with Crippen molar-refractivity contribution in [3.05, 3.63) is 107 Å². The fourth-order valence-electron chi connectivity index (χ4n) is 4.33. The minimum Gasteiger partial charge on any atom is -0.616 e. The molecule has 0 aromatic heterocycles. The number of nitrogens with zero attached hydrogens (tertiary/aromatic N) is 1. The molecule has 2 nitrogen and oxygen atoms in total. The summed E-state index contributed by atoms with van der Waals surface area (Å²) in [7, 11) is 0. The van der Waals surface area contributed by atoms with Crippen molar-refractivity contribution < 1.29 is 22.1 Å². The van der Waals surface area contributed by atoms with Gasteiger partial charge in [0, 0.05) is 30.6 Å². The molecule has 0 aliphatic carbocycles. The maximum absolute atomic E-state index is 13.7. The van der Waals surface area contributed by atoms with E-state index in [9.17, 15) is 22.1 Å². The van der Waals surface area contributed by atoms with E-state index in [1.807, 2.05) is 0 Å². The van der Waals surface area contributed by atoms with Crippen molar-refractivity contribution in [1.82, 2.24) is 4.90 Å². The zero-order chi connectivity index (χ0) is 22.1. The highest BCUT2D eigenvalue weighted by Gasteiger charge is 2.43. The second-order valence-corrected chi connectivity index (χ2v) is 9.35. The highest BCUT2D eigenvalue weighted by atomic mass is 32.2. The van der Waals surface area contributed by atoms with Crippen molar-refractivity contribution in [3.8, 4) is 0 Å². The Morgan fingerprint density at radius 3 is 1.61 bits per heavy atom. The fraction of sp³-hybridized carbons (Fsp3) is 0.250. The van der Waals surface area contributed by atoms with Crippen molar-refractivity contribution in [2.45, 2.75) is 11.3 Å². The van der Waals surface area contributed by atoms with Gasteiger partial charge in [-0.25, -0.2) is 17.6 Å². The summed E-state index contributed by atoms with van der Waals surface area (Å²) in [5.74, 6) is -2.17. The van der Waals surface area contributed by atoms with Crippen LogP contribution >= 0.6 is 0 Å². The van der Waals surface area contributed by atoms with Crippen LogP contribution in [0.3, 0.4) is 0 Å². The summed E-state index contributed by atoms with van der Waals surface area (Å²) in [5, 5.41) is -0.511. The van der Waals surface area contributed by atoms with E-state index in [0.717, 1.165) is 17.2 Å². The van der Waals surface area contributed by atoms with Crippen LogP contribution in [0.25, 0.3) is 0 Å². The zero-order valence-corrected chi connectivity index (χ0v) is 17.6.